The van der Waals surface area contributed by atoms with Crippen molar-refractivity contribution in [1.82, 2.24) is 81.7 Å². The van der Waals surface area contributed by atoms with E-state index < -0.39 is 95.7 Å². The zero-order valence-electron chi connectivity index (χ0n) is 87.2. The summed E-state index contributed by atoms with van der Waals surface area (Å²) in [5, 5.41) is 24.8. The highest BCUT2D eigenvalue weighted by Crippen LogP contribution is 2.40. The molecule has 16 bridgehead atoms. The zero-order chi connectivity index (χ0) is 101. The van der Waals surface area contributed by atoms with Crippen molar-refractivity contribution in [2.75, 3.05) is 56.4 Å². The van der Waals surface area contributed by atoms with Crippen molar-refractivity contribution in [3.8, 4) is 0 Å². The Labute approximate surface area is 812 Å². The molecule has 32 nitrogen and oxygen atoms in total. The molecule has 136 heavy (non-hydrogen) atoms. The van der Waals surface area contributed by atoms with E-state index in [4.69, 9.17) is 0 Å². The topological polar surface area (TPSA) is 395 Å². The van der Waals surface area contributed by atoms with Crippen molar-refractivity contribution in [3.63, 3.8) is 0 Å². The number of rotatable bonds is 16. The van der Waals surface area contributed by atoms with Crippen LogP contribution in [0.4, 0.5) is 0 Å². The molecule has 768 valence electrons. The van der Waals surface area contributed by atoms with E-state index in [1.165, 1.54) is 0 Å². The number of carbonyl (C=O) groups is 16. The first-order valence-corrected chi connectivity index (χ1v) is 52.5. The van der Waals surface area contributed by atoms with Crippen molar-refractivity contribution in [3.05, 3.63) is 0 Å². The average Bonchev–Trinajstić information content (AvgIpc) is 1.68. The van der Waals surface area contributed by atoms with Gasteiger partial charge in [0.05, 0.1) is 0 Å². The van der Waals surface area contributed by atoms with Crippen LogP contribution in [0, 0.1) is 94.7 Å². The average molecular weight is 1910 g/mol. The Kier molecular flexibility index (Phi) is 40.9. The van der Waals surface area contributed by atoms with Crippen molar-refractivity contribution in [1.29, 1.82) is 0 Å². The van der Waals surface area contributed by atoms with Gasteiger partial charge in [0.2, 0.25) is 94.5 Å². The van der Waals surface area contributed by atoms with Gasteiger partial charge in [-0.1, -0.05) is 111 Å². The van der Waals surface area contributed by atoms with E-state index in [9.17, 15) is 76.7 Å². The summed E-state index contributed by atoms with van der Waals surface area (Å²) in [4.78, 5) is 239. The molecule has 0 aromatic rings. The lowest BCUT2D eigenvalue weighted by molar-refractivity contribution is -0.140. The van der Waals surface area contributed by atoms with Gasteiger partial charge in [-0.15, -0.1) is 0 Å². The van der Waals surface area contributed by atoms with Crippen LogP contribution in [0.25, 0.3) is 0 Å². The van der Waals surface area contributed by atoms with Crippen LogP contribution in [-0.2, 0) is 76.7 Å². The maximum absolute atomic E-state index is 14.2. The first-order valence-electron chi connectivity index (χ1n) is 52.5. The van der Waals surface area contributed by atoms with Crippen molar-refractivity contribution < 1.29 is 76.7 Å². The summed E-state index contributed by atoms with van der Waals surface area (Å²) in [7, 11) is 14.0. The molecule has 2 aliphatic heterocycles. The van der Waals surface area contributed by atoms with Gasteiger partial charge in [0, 0.05) is 152 Å². The second kappa shape index (κ2) is 50.1. The number of fused-ring (bicyclic) bond motifs is 16. The highest BCUT2D eigenvalue weighted by molar-refractivity contribution is 5.95. The summed E-state index contributed by atoms with van der Waals surface area (Å²) in [5.41, 5.74) is 0. The fourth-order valence-electron chi connectivity index (χ4n) is 23.6. The van der Waals surface area contributed by atoms with E-state index in [1.807, 2.05) is 111 Å². The minimum absolute atomic E-state index is 0.117. The summed E-state index contributed by atoms with van der Waals surface area (Å²) in [6, 6.07) is -7.77. The first-order chi connectivity index (χ1) is 63.9. The van der Waals surface area contributed by atoms with Gasteiger partial charge < -0.3 is 81.7 Å². The Morgan fingerprint density at radius 1 is 0.169 bits per heavy atom. The molecular formula is C104H176N16O16. The minimum Gasteiger partial charge on any atom is -0.344 e. The summed E-state index contributed by atoms with van der Waals surface area (Å²) < 4.78 is 0. The largest absolute Gasteiger partial charge is 0.344 e. The quantitative estimate of drug-likeness (QED) is 0.0713. The van der Waals surface area contributed by atoms with Gasteiger partial charge >= 0.3 is 0 Å². The molecule has 10 rings (SSSR count). The fourth-order valence-corrected chi connectivity index (χ4v) is 23.6. The molecule has 8 N–H and O–H groups in total. The standard InChI is InChI=1S/2C52H88N8O8/c2*1-29(2)21-41-49(65)57(9)37-17-14-34(26-37)46(62)54-43(23-31(5)6)51(67)59(11)39-19-16-36(28-39)48(64)56-44(24-32(7)8)52(68)60(12)40-20-15-35(27-40)47(63)55-42(22-30(3)4)50(66)58(10)38-18-13-33(25-38)45(61)53-41/h2*29-44H,13-28H2,1-12H3,(H,53,61)(H,54,62)(H,55,63)(H,56,64)/t2*33-,34-,35-,36-,37+,38+,39+,40+,41-,42-,43-,44-/m11/s1. The maximum Gasteiger partial charge on any atom is 0.245 e. The van der Waals surface area contributed by atoms with Crippen LogP contribution in [-0.4, -0.2) is 287 Å². The first kappa shape index (κ1) is 111. The van der Waals surface area contributed by atoms with Crippen LogP contribution >= 0.6 is 0 Å². The van der Waals surface area contributed by atoms with E-state index in [0.29, 0.717) is 205 Å². The number of hydrogen-bond acceptors (Lipinski definition) is 16. The summed E-state index contributed by atoms with van der Waals surface area (Å²) in [6.07, 6.45) is 16.4. The van der Waals surface area contributed by atoms with Crippen LogP contribution in [0.1, 0.15) is 316 Å². The van der Waals surface area contributed by atoms with E-state index in [0.717, 1.165) is 0 Å². The molecule has 0 aromatic carbocycles. The van der Waals surface area contributed by atoms with Crippen molar-refractivity contribution in [2.45, 2.75) is 413 Å². The minimum atomic E-state index is -0.752. The third-order valence-electron chi connectivity index (χ3n) is 31.9. The van der Waals surface area contributed by atoms with Crippen LogP contribution in [0.3, 0.4) is 0 Å². The molecule has 10 fully saturated rings. The lowest BCUT2D eigenvalue weighted by Crippen LogP contribution is -2.53. The van der Waals surface area contributed by atoms with E-state index in [1.54, 1.807) is 95.6 Å². The second-order valence-electron chi connectivity index (χ2n) is 46.4. The Balaban J connectivity index is 0.000000305. The fraction of sp³-hybridized carbons (Fsp3) is 0.846. The molecule has 0 unspecified atom stereocenters. The molecule has 0 aromatic heterocycles. The van der Waals surface area contributed by atoms with Crippen LogP contribution in [0.15, 0.2) is 0 Å². The second-order valence-corrected chi connectivity index (χ2v) is 46.4. The van der Waals surface area contributed by atoms with Gasteiger partial charge in [0.15, 0.2) is 0 Å². The molecular weight excluding hydrogens is 1730 g/mol. The molecule has 0 radical (unpaired) electrons. The van der Waals surface area contributed by atoms with Crippen molar-refractivity contribution in [2.24, 2.45) is 94.7 Å². The zero-order valence-corrected chi connectivity index (χ0v) is 87.2. The summed E-state index contributed by atoms with van der Waals surface area (Å²) in [5.74, 6) is -5.47. The molecule has 8 aliphatic carbocycles. The molecule has 16 amide bonds. The van der Waals surface area contributed by atoms with E-state index in [2.05, 4.69) is 42.5 Å². The highest BCUT2D eigenvalue weighted by atomic mass is 16.2. The van der Waals surface area contributed by atoms with Gasteiger partial charge in [0.25, 0.3) is 0 Å². The maximum atomic E-state index is 14.2. The van der Waals surface area contributed by atoms with Crippen molar-refractivity contribution >= 4 is 94.5 Å². The number of nitrogens with one attached hydrogen (secondary N) is 8. The molecule has 2 saturated heterocycles. The van der Waals surface area contributed by atoms with E-state index in [-0.39, 0.29) is 190 Å². The van der Waals surface area contributed by atoms with Crippen LogP contribution in [0.2, 0.25) is 0 Å². The smallest absolute Gasteiger partial charge is 0.245 e. The van der Waals surface area contributed by atoms with Crippen LogP contribution in [0.5, 0.6) is 0 Å². The lowest BCUT2D eigenvalue weighted by atomic mass is 9.98. The Morgan fingerprint density at radius 3 is 0.338 bits per heavy atom. The third-order valence-corrected chi connectivity index (χ3v) is 31.9. The summed E-state index contributed by atoms with van der Waals surface area (Å²) in [6.45, 7) is 32.2. The number of amides is 16. The molecule has 8 saturated carbocycles. The van der Waals surface area contributed by atoms with Gasteiger partial charge in [-0.2, -0.15) is 0 Å². The normalized spacial score (nSPS) is 33.6. The number of carbonyl (C=O) groups excluding carboxylic acids is 16. The predicted molar refractivity (Wildman–Crippen MR) is 522 cm³/mol. The molecule has 32 heteroatoms. The Hall–Kier alpha value is -8.48. The monoisotopic (exact) mass is 1910 g/mol. The number of hydrogen-bond donors (Lipinski definition) is 8. The Bertz CT molecular complexity index is 3390. The van der Waals surface area contributed by atoms with Gasteiger partial charge in [-0.25, -0.2) is 0 Å². The SMILES string of the molecule is CC(C)C[C@H]1NC(=O)[C@@H]2CC[C@@H](C2)N(C)C(=O)[C@@H](CC(C)C)NC(=O)[C@@H]2CC[C@@H](C2)N(C)C(=O)[C@@H](CC(C)C)NC(=O)[C@@H]2CC[C@@H](C2)N(C)C(=O)[C@@H](CC(C)C)NC(=O)[C@@H]2CC[C@@H](C2)N(C)C1=O.CC(C)C[C@H]1NC(=O)[C@@H]2CC[C@@H](C2)N(C)C(=O)[C@@H](CC(C)C)NC(=O)[C@@H]2CC[C@@H](C2)N(C)C(=O)[C@@H](CC(C)C)NC(=O)[C@@H]2CC[C@@H](C2)N(C)C(=O)[C@@H](CC(C)C)NC(=O)[C@@H]2CC[C@@H](C2)N(C)C1=O. The van der Waals surface area contributed by atoms with Crippen LogP contribution < -0.4 is 42.5 Å². The number of nitrogens with zero attached hydrogens (tertiary/aromatic N) is 8. The van der Waals surface area contributed by atoms with E-state index >= 15 is 0 Å². The lowest BCUT2D eigenvalue weighted by Gasteiger charge is -2.32. The van der Waals surface area contributed by atoms with Gasteiger partial charge in [0.1, 0.15) is 48.3 Å². The third kappa shape index (κ3) is 29.8. The molecule has 0 spiro atoms. The molecule has 2 heterocycles. The Morgan fingerprint density at radius 2 is 0.257 bits per heavy atom. The number of likely N-dealkylation sites (N-methyl/N-ethyl adjacent to an activating group) is 8. The molecule has 10 aliphatic rings. The molecule has 24 atom stereocenters. The highest BCUT2D eigenvalue weighted by Gasteiger charge is 2.49. The van der Waals surface area contributed by atoms with Gasteiger partial charge in [-0.05, 0) is 253 Å². The van der Waals surface area contributed by atoms with Gasteiger partial charge in [-0.3, -0.25) is 76.7 Å². The summed E-state index contributed by atoms with van der Waals surface area (Å²) >= 11 is 0. The predicted octanol–water partition coefficient (Wildman–Crippen LogP) is 9.26.